The van der Waals surface area contributed by atoms with Crippen LogP contribution in [0.3, 0.4) is 0 Å². The van der Waals surface area contributed by atoms with Gasteiger partial charge in [-0.25, -0.2) is 0 Å². The predicted octanol–water partition coefficient (Wildman–Crippen LogP) is 1.47. The van der Waals surface area contributed by atoms with Crippen molar-refractivity contribution < 1.29 is 9.90 Å². The first-order chi connectivity index (χ1) is 9.60. The predicted molar refractivity (Wildman–Crippen MR) is 77.4 cm³/mol. The molecule has 1 amide bonds. The third kappa shape index (κ3) is 2.26. The highest BCUT2D eigenvalue weighted by atomic mass is 35.5. The lowest BCUT2D eigenvalue weighted by atomic mass is 10.00. The number of anilines is 1. The van der Waals surface area contributed by atoms with Gasteiger partial charge in [0.2, 0.25) is 0 Å². The van der Waals surface area contributed by atoms with Crippen LogP contribution in [0.4, 0.5) is 5.69 Å². The molecular weight excluding hydrogens is 278 g/mol. The van der Waals surface area contributed by atoms with Crippen molar-refractivity contribution in [1.82, 2.24) is 4.90 Å². The van der Waals surface area contributed by atoms with Gasteiger partial charge < -0.3 is 15.4 Å². The molecule has 1 saturated heterocycles. The zero-order valence-corrected chi connectivity index (χ0v) is 11.8. The number of hydrogen-bond acceptors (Lipinski definition) is 4. The second kappa shape index (κ2) is 5.24. The molecule has 20 heavy (non-hydrogen) atoms. The molecule has 1 aromatic carbocycles. The van der Waals surface area contributed by atoms with Gasteiger partial charge in [-0.05, 0) is 37.0 Å². The molecule has 1 heterocycles. The van der Waals surface area contributed by atoms with E-state index in [4.69, 9.17) is 17.4 Å². The fraction of sp³-hybridized carbons (Fsp3) is 0.500. The van der Waals surface area contributed by atoms with Crippen LogP contribution >= 0.6 is 11.6 Å². The highest BCUT2D eigenvalue weighted by molar-refractivity contribution is 6.31. The Labute approximate surface area is 122 Å². The molecule has 2 fully saturated rings. The first-order valence-electron chi connectivity index (χ1n) is 6.83. The van der Waals surface area contributed by atoms with Gasteiger partial charge in [-0.2, -0.15) is 0 Å². The first kappa shape index (κ1) is 13.7. The summed E-state index contributed by atoms with van der Waals surface area (Å²) in [5.74, 6) is 6.00. The molecule has 1 aliphatic heterocycles. The number of fused-ring (bicyclic) bond motifs is 1. The minimum atomic E-state index is -0.274. The Morgan fingerprint density at radius 2 is 2.20 bits per heavy atom. The lowest BCUT2D eigenvalue weighted by Crippen LogP contribution is -2.31. The van der Waals surface area contributed by atoms with Gasteiger partial charge >= 0.3 is 0 Å². The normalized spacial score (nSPS) is 28.6. The average Bonchev–Trinajstić information content (AvgIpc) is 3.00. The van der Waals surface area contributed by atoms with E-state index >= 15 is 0 Å². The molecule has 3 unspecified atom stereocenters. The van der Waals surface area contributed by atoms with Crippen LogP contribution in [-0.2, 0) is 0 Å². The van der Waals surface area contributed by atoms with Crippen LogP contribution in [0.5, 0.6) is 0 Å². The average molecular weight is 296 g/mol. The number of likely N-dealkylation sites (tertiary alicyclic amines) is 1. The molecule has 0 radical (unpaired) electrons. The van der Waals surface area contributed by atoms with E-state index in [-0.39, 0.29) is 17.9 Å². The Kier molecular flexibility index (Phi) is 3.58. The Morgan fingerprint density at radius 1 is 1.40 bits per heavy atom. The van der Waals surface area contributed by atoms with Crippen molar-refractivity contribution in [2.24, 2.45) is 17.7 Å². The molecule has 1 saturated carbocycles. The van der Waals surface area contributed by atoms with E-state index < -0.39 is 0 Å². The molecule has 2 aliphatic rings. The molecule has 3 rings (SSSR count). The third-order valence-corrected chi connectivity index (χ3v) is 4.71. The number of aliphatic hydroxyl groups is 1. The van der Waals surface area contributed by atoms with Crippen molar-refractivity contribution in [3.63, 3.8) is 0 Å². The quantitative estimate of drug-likeness (QED) is 0.570. The van der Waals surface area contributed by atoms with E-state index in [1.165, 1.54) is 0 Å². The standard InChI is InChI=1S/C14H18ClN3O2/c15-9-2-3-12(17-16)10(5-9)14(20)18-6-8-1-4-13(19)11(8)7-18/h2-3,5,8,11,13,17,19H,1,4,6-7,16H2. The van der Waals surface area contributed by atoms with Gasteiger partial charge in [0.1, 0.15) is 0 Å². The number of nitrogens with one attached hydrogen (secondary N) is 1. The fourth-order valence-corrected chi connectivity index (χ4v) is 3.56. The topological polar surface area (TPSA) is 78.6 Å². The highest BCUT2D eigenvalue weighted by Gasteiger charge is 2.43. The molecule has 5 nitrogen and oxygen atoms in total. The van der Waals surface area contributed by atoms with Crippen molar-refractivity contribution in [3.8, 4) is 0 Å². The van der Waals surface area contributed by atoms with Crippen LogP contribution in [0.1, 0.15) is 23.2 Å². The summed E-state index contributed by atoms with van der Waals surface area (Å²) in [6, 6.07) is 5.01. The summed E-state index contributed by atoms with van der Waals surface area (Å²) >= 11 is 5.96. The Hall–Kier alpha value is -1.30. The van der Waals surface area contributed by atoms with Crippen LogP contribution in [0.2, 0.25) is 5.02 Å². The second-order valence-corrected chi connectivity index (χ2v) is 6.05. The van der Waals surface area contributed by atoms with Crippen LogP contribution in [0.15, 0.2) is 18.2 Å². The summed E-state index contributed by atoms with van der Waals surface area (Å²) in [7, 11) is 0. The van der Waals surface area contributed by atoms with Crippen LogP contribution in [0.25, 0.3) is 0 Å². The summed E-state index contributed by atoms with van der Waals surface area (Å²) < 4.78 is 0. The van der Waals surface area contributed by atoms with E-state index in [0.717, 1.165) is 12.8 Å². The molecule has 0 spiro atoms. The lowest BCUT2D eigenvalue weighted by Gasteiger charge is -2.20. The summed E-state index contributed by atoms with van der Waals surface area (Å²) in [4.78, 5) is 14.4. The number of rotatable bonds is 2. The number of carbonyl (C=O) groups excluding carboxylic acids is 1. The molecular formula is C14H18ClN3O2. The number of hydrazine groups is 1. The molecule has 4 N–H and O–H groups in total. The molecule has 3 atom stereocenters. The number of nitrogens with two attached hydrogens (primary N) is 1. The number of hydrogen-bond donors (Lipinski definition) is 3. The summed E-state index contributed by atoms with van der Waals surface area (Å²) in [5.41, 5.74) is 3.58. The third-order valence-electron chi connectivity index (χ3n) is 4.47. The largest absolute Gasteiger partial charge is 0.393 e. The fourth-order valence-electron chi connectivity index (χ4n) is 3.39. The van der Waals surface area contributed by atoms with Gasteiger partial charge in [0, 0.05) is 24.0 Å². The van der Waals surface area contributed by atoms with Crippen LogP contribution < -0.4 is 11.3 Å². The smallest absolute Gasteiger partial charge is 0.256 e. The molecule has 6 heteroatoms. The minimum Gasteiger partial charge on any atom is -0.393 e. The van der Waals surface area contributed by atoms with Crippen molar-refractivity contribution in [2.45, 2.75) is 18.9 Å². The van der Waals surface area contributed by atoms with E-state index in [1.54, 1.807) is 23.1 Å². The molecule has 1 aromatic rings. The number of aliphatic hydroxyl groups excluding tert-OH is 1. The Bertz CT molecular complexity index is 537. The SMILES string of the molecule is NNc1ccc(Cl)cc1C(=O)N1CC2CCC(O)C2C1. The maximum Gasteiger partial charge on any atom is 0.256 e. The van der Waals surface area contributed by atoms with E-state index in [1.807, 2.05) is 0 Å². The summed E-state index contributed by atoms with van der Waals surface area (Å²) in [6.07, 6.45) is 1.57. The number of halogens is 1. The van der Waals surface area contributed by atoms with Gasteiger partial charge in [0.05, 0.1) is 17.4 Å². The van der Waals surface area contributed by atoms with Crippen LogP contribution in [-0.4, -0.2) is 35.1 Å². The van der Waals surface area contributed by atoms with Gasteiger partial charge in [-0.15, -0.1) is 0 Å². The minimum absolute atomic E-state index is 0.0814. The van der Waals surface area contributed by atoms with Gasteiger partial charge in [-0.1, -0.05) is 11.6 Å². The maximum atomic E-state index is 12.6. The highest BCUT2D eigenvalue weighted by Crippen LogP contribution is 2.39. The second-order valence-electron chi connectivity index (χ2n) is 5.61. The lowest BCUT2D eigenvalue weighted by molar-refractivity contribution is 0.0753. The van der Waals surface area contributed by atoms with E-state index in [0.29, 0.717) is 35.3 Å². The molecule has 0 aromatic heterocycles. The van der Waals surface area contributed by atoms with Crippen molar-refractivity contribution in [2.75, 3.05) is 18.5 Å². The zero-order chi connectivity index (χ0) is 14.3. The Morgan fingerprint density at radius 3 is 2.90 bits per heavy atom. The number of nitrogens with zero attached hydrogens (tertiary/aromatic N) is 1. The van der Waals surface area contributed by atoms with Gasteiger partial charge in [-0.3, -0.25) is 10.6 Å². The molecule has 108 valence electrons. The maximum absolute atomic E-state index is 12.6. The Balaban J connectivity index is 1.82. The molecule has 1 aliphatic carbocycles. The number of nitrogen functional groups attached to an aromatic ring is 1. The van der Waals surface area contributed by atoms with E-state index in [2.05, 4.69) is 5.43 Å². The van der Waals surface area contributed by atoms with Crippen LogP contribution in [0, 0.1) is 11.8 Å². The number of carbonyl (C=O) groups is 1. The number of benzene rings is 1. The zero-order valence-electron chi connectivity index (χ0n) is 11.1. The number of amides is 1. The van der Waals surface area contributed by atoms with Crippen molar-refractivity contribution >= 4 is 23.2 Å². The first-order valence-corrected chi connectivity index (χ1v) is 7.21. The van der Waals surface area contributed by atoms with Crippen molar-refractivity contribution in [3.05, 3.63) is 28.8 Å². The summed E-state index contributed by atoms with van der Waals surface area (Å²) in [6.45, 7) is 1.32. The van der Waals surface area contributed by atoms with E-state index in [9.17, 15) is 9.90 Å². The summed E-state index contributed by atoms with van der Waals surface area (Å²) in [5, 5.41) is 10.4. The monoisotopic (exact) mass is 295 g/mol. The van der Waals surface area contributed by atoms with Gasteiger partial charge in [0.15, 0.2) is 0 Å². The molecule has 0 bridgehead atoms. The van der Waals surface area contributed by atoms with Gasteiger partial charge in [0.25, 0.3) is 5.91 Å². The van der Waals surface area contributed by atoms with Crippen molar-refractivity contribution in [1.29, 1.82) is 0 Å².